The second-order valence-corrected chi connectivity index (χ2v) is 16.4. The van der Waals surface area contributed by atoms with E-state index in [1.165, 1.54) is 6.42 Å². The van der Waals surface area contributed by atoms with Crippen LogP contribution in [-0.4, -0.2) is 109 Å². The molecule has 3 aliphatic carbocycles. The fourth-order valence-electron chi connectivity index (χ4n) is 9.57. The van der Waals surface area contributed by atoms with Crippen LogP contribution < -0.4 is 10.6 Å². The normalized spacial score (nSPS) is 40.6. The average molecular weight is 682 g/mol. The number of aliphatic hydroxyl groups is 1. The van der Waals surface area contributed by atoms with Gasteiger partial charge in [-0.25, -0.2) is 0 Å². The zero-order valence-electron chi connectivity index (χ0n) is 26.8. The van der Waals surface area contributed by atoms with Gasteiger partial charge in [-0.1, -0.05) is 22.9 Å². The largest absolute Gasteiger partial charge is 0.390 e. The number of amides is 2. The third-order valence-corrected chi connectivity index (χ3v) is 13.2. The van der Waals surface area contributed by atoms with Crippen molar-refractivity contribution in [2.24, 2.45) is 41.4 Å². The first-order valence-electron chi connectivity index (χ1n) is 17.9. The number of nitrogens with zero attached hydrogens (tertiary/aromatic N) is 2. The first-order valence-corrected chi connectivity index (χ1v) is 18.8. The second kappa shape index (κ2) is 15.4. The van der Waals surface area contributed by atoms with Crippen LogP contribution in [-0.2, 0) is 19.1 Å². The molecule has 44 heavy (non-hydrogen) atoms. The molecule has 9 atom stereocenters. The maximum absolute atomic E-state index is 13.2. The number of fused-ring (bicyclic) bond motifs is 2. The standard InChI is InChI=1S/C34H57BrN4O5/c1-22-31-11-12-38(17-27(31)6-9-32(22)43-20-30-16-36-21-44-30)19-29(40)15-37-33(41)25-2-3-26-18-39(13-10-24(26)14-25)34(42)23-4-7-28(35)8-5-23/h22-32,36,40H,2-21H2,1H3,(H,37,41)/t22?,23?,24?,25?,26?,27?,28?,29-,30?,31?,32?/m0/s1. The summed E-state index contributed by atoms with van der Waals surface area (Å²) in [6.07, 6.45) is 11.5. The van der Waals surface area contributed by atoms with E-state index in [1.54, 1.807) is 0 Å². The number of carbonyl (C=O) groups excluding carboxylic acids is 2. The monoisotopic (exact) mass is 680 g/mol. The van der Waals surface area contributed by atoms with Crippen molar-refractivity contribution in [3.05, 3.63) is 0 Å². The van der Waals surface area contributed by atoms with Crippen molar-refractivity contribution in [2.75, 3.05) is 59.2 Å². The van der Waals surface area contributed by atoms with E-state index in [4.69, 9.17) is 9.47 Å². The number of hydrogen-bond acceptors (Lipinski definition) is 7. The number of ether oxygens (including phenoxy) is 2. The number of β-amino-alcohol motifs (C(OH)–C–C–N with tert-alkyl or cyclic N) is 1. The topological polar surface area (TPSA) is 103 Å². The van der Waals surface area contributed by atoms with E-state index in [2.05, 4.69) is 43.3 Å². The summed E-state index contributed by atoms with van der Waals surface area (Å²) in [5.41, 5.74) is 0. The van der Waals surface area contributed by atoms with Crippen LogP contribution in [0.25, 0.3) is 0 Å². The van der Waals surface area contributed by atoms with Crippen molar-refractivity contribution in [3.8, 4) is 0 Å². The number of hydrogen-bond donors (Lipinski definition) is 3. The Balaban J connectivity index is 0.874. The Labute approximate surface area is 273 Å². The molecule has 3 aliphatic heterocycles. The lowest BCUT2D eigenvalue weighted by Gasteiger charge is -2.47. The molecule has 3 N–H and O–H groups in total. The van der Waals surface area contributed by atoms with Gasteiger partial charge in [0.1, 0.15) is 0 Å². The molecular formula is C34H57BrN4O5. The van der Waals surface area contributed by atoms with Gasteiger partial charge in [-0.2, -0.15) is 0 Å². The Morgan fingerprint density at radius 2 is 1.77 bits per heavy atom. The summed E-state index contributed by atoms with van der Waals surface area (Å²) in [7, 11) is 0. The molecule has 2 amide bonds. The van der Waals surface area contributed by atoms with Crippen LogP contribution in [0.4, 0.5) is 0 Å². The lowest BCUT2D eigenvalue weighted by Crippen LogP contribution is -2.51. The molecule has 10 heteroatoms. The third-order valence-electron chi connectivity index (χ3n) is 12.3. The second-order valence-electron chi connectivity index (χ2n) is 15.1. The summed E-state index contributed by atoms with van der Waals surface area (Å²) >= 11 is 3.71. The smallest absolute Gasteiger partial charge is 0.225 e. The van der Waals surface area contributed by atoms with Crippen molar-refractivity contribution in [1.29, 1.82) is 0 Å². The minimum absolute atomic E-state index is 0.0334. The van der Waals surface area contributed by atoms with Gasteiger partial charge in [0.05, 0.1) is 31.6 Å². The summed E-state index contributed by atoms with van der Waals surface area (Å²) < 4.78 is 12.0. The summed E-state index contributed by atoms with van der Waals surface area (Å²) in [6.45, 7) is 9.28. The third kappa shape index (κ3) is 8.19. The van der Waals surface area contributed by atoms with Crippen LogP contribution in [0.2, 0.25) is 0 Å². The molecule has 9 nitrogen and oxygen atoms in total. The van der Waals surface area contributed by atoms with Gasteiger partial charge in [0.15, 0.2) is 0 Å². The average Bonchev–Trinajstić information content (AvgIpc) is 3.57. The van der Waals surface area contributed by atoms with E-state index in [1.807, 2.05) is 0 Å². The highest BCUT2D eigenvalue weighted by molar-refractivity contribution is 9.09. The van der Waals surface area contributed by atoms with Crippen molar-refractivity contribution < 1.29 is 24.2 Å². The lowest BCUT2D eigenvalue weighted by atomic mass is 9.68. The first kappa shape index (κ1) is 33.1. The number of rotatable bonds is 9. The van der Waals surface area contributed by atoms with Gasteiger partial charge in [-0.3, -0.25) is 14.9 Å². The molecule has 6 aliphatic rings. The number of carbonyl (C=O) groups is 2. The minimum atomic E-state index is -0.544. The van der Waals surface area contributed by atoms with Crippen molar-refractivity contribution >= 4 is 27.7 Å². The number of halogens is 1. The molecule has 250 valence electrons. The lowest BCUT2D eigenvalue weighted by molar-refractivity contribution is -0.141. The van der Waals surface area contributed by atoms with Crippen molar-refractivity contribution in [3.63, 3.8) is 0 Å². The molecule has 6 fully saturated rings. The van der Waals surface area contributed by atoms with Gasteiger partial charge in [0.2, 0.25) is 11.8 Å². The highest BCUT2D eigenvalue weighted by Gasteiger charge is 2.42. The number of aliphatic hydroxyl groups excluding tert-OH is 1. The van der Waals surface area contributed by atoms with Crippen LogP contribution in [0.15, 0.2) is 0 Å². The van der Waals surface area contributed by atoms with E-state index in [9.17, 15) is 14.7 Å². The van der Waals surface area contributed by atoms with E-state index in [0.717, 1.165) is 96.9 Å². The summed E-state index contributed by atoms with van der Waals surface area (Å²) in [5, 5.41) is 17.2. The van der Waals surface area contributed by atoms with Crippen LogP contribution in [0.5, 0.6) is 0 Å². The summed E-state index contributed by atoms with van der Waals surface area (Å²) in [5.74, 6) is 3.67. The predicted octanol–water partition coefficient (Wildman–Crippen LogP) is 3.38. The number of nitrogens with one attached hydrogen (secondary N) is 2. The van der Waals surface area contributed by atoms with Crippen molar-refractivity contribution in [2.45, 2.75) is 101 Å². The highest BCUT2D eigenvalue weighted by atomic mass is 79.9. The first-order chi connectivity index (χ1) is 21.3. The fourth-order valence-corrected chi connectivity index (χ4v) is 10.1. The molecule has 0 radical (unpaired) electrons. The zero-order chi connectivity index (χ0) is 30.6. The zero-order valence-corrected chi connectivity index (χ0v) is 28.4. The SMILES string of the molecule is CC1C(OCC2CNCO2)CCC2CN(C[C@@H](O)CNC(=O)C3CCC4CN(C(=O)C5CCC(Br)CC5)CCC4C3)CCC21. The molecule has 3 saturated carbocycles. The molecule has 3 heterocycles. The van der Waals surface area contributed by atoms with Gasteiger partial charge < -0.3 is 29.7 Å². The van der Waals surface area contributed by atoms with Gasteiger partial charge in [-0.15, -0.1) is 0 Å². The number of piperidine rings is 2. The number of alkyl halides is 1. The molecular weight excluding hydrogens is 624 g/mol. The fraction of sp³-hybridized carbons (Fsp3) is 0.941. The molecule has 6 rings (SSSR count). The van der Waals surface area contributed by atoms with Crippen LogP contribution in [0.3, 0.4) is 0 Å². The molecule has 0 aromatic rings. The van der Waals surface area contributed by atoms with Crippen molar-refractivity contribution in [1.82, 2.24) is 20.4 Å². The molecule has 3 saturated heterocycles. The molecule has 8 unspecified atom stereocenters. The predicted molar refractivity (Wildman–Crippen MR) is 173 cm³/mol. The molecule has 0 aromatic heterocycles. The quantitative estimate of drug-likeness (QED) is 0.321. The molecule has 0 bridgehead atoms. The van der Waals surface area contributed by atoms with E-state index >= 15 is 0 Å². The van der Waals surface area contributed by atoms with Gasteiger partial charge >= 0.3 is 0 Å². The maximum atomic E-state index is 13.2. The maximum Gasteiger partial charge on any atom is 0.225 e. The van der Waals surface area contributed by atoms with E-state index in [-0.39, 0.29) is 23.8 Å². The van der Waals surface area contributed by atoms with Crippen LogP contribution >= 0.6 is 15.9 Å². The Morgan fingerprint density at radius 3 is 2.57 bits per heavy atom. The van der Waals surface area contributed by atoms with Gasteiger partial charge in [0, 0.05) is 55.9 Å². The minimum Gasteiger partial charge on any atom is -0.390 e. The summed E-state index contributed by atoms with van der Waals surface area (Å²) in [4.78, 5) is 31.4. The number of likely N-dealkylation sites (tertiary alicyclic amines) is 2. The Bertz CT molecular complexity index is 960. The molecule has 0 aromatic carbocycles. The molecule has 0 spiro atoms. The highest BCUT2D eigenvalue weighted by Crippen LogP contribution is 2.42. The van der Waals surface area contributed by atoms with Gasteiger partial charge in [-0.05, 0) is 107 Å². The Morgan fingerprint density at radius 1 is 0.977 bits per heavy atom. The van der Waals surface area contributed by atoms with E-state index in [0.29, 0.717) is 72.9 Å². The Hall–Kier alpha value is -0.780. The summed E-state index contributed by atoms with van der Waals surface area (Å²) in [6, 6.07) is 0. The van der Waals surface area contributed by atoms with Crippen LogP contribution in [0.1, 0.15) is 77.6 Å². The van der Waals surface area contributed by atoms with Crippen LogP contribution in [0, 0.1) is 41.4 Å². The van der Waals surface area contributed by atoms with E-state index < -0.39 is 6.10 Å². The Kier molecular flexibility index (Phi) is 11.6. The van der Waals surface area contributed by atoms with Gasteiger partial charge in [0.25, 0.3) is 0 Å².